The Bertz CT molecular complexity index is 825. The molecule has 0 spiro atoms. The summed E-state index contributed by atoms with van der Waals surface area (Å²) in [5.41, 5.74) is -1.40. The first-order chi connectivity index (χ1) is 12.5. The number of aliphatic hydroxyl groups is 1. The highest BCUT2D eigenvalue weighted by Crippen LogP contribution is 2.35. The first-order valence-corrected chi connectivity index (χ1v) is 7.38. The summed E-state index contributed by atoms with van der Waals surface area (Å²) in [5, 5.41) is 21.2. The summed E-state index contributed by atoms with van der Waals surface area (Å²) in [7, 11) is 0. The number of alkyl halides is 6. The Labute approximate surface area is 149 Å². The van der Waals surface area contributed by atoms with Crippen molar-refractivity contribution in [2.24, 2.45) is 0 Å². The molecule has 0 saturated carbocycles. The van der Waals surface area contributed by atoms with Crippen LogP contribution in [-0.4, -0.2) is 18.0 Å². The molecule has 0 aliphatic heterocycles. The number of nitrogens with one attached hydrogen (secondary N) is 1. The predicted octanol–water partition coefficient (Wildman–Crippen LogP) is 4.62. The van der Waals surface area contributed by atoms with Crippen LogP contribution in [0.3, 0.4) is 0 Å². The van der Waals surface area contributed by atoms with Gasteiger partial charge < -0.3 is 15.2 Å². The fraction of sp³-hybridized carbons (Fsp3) is 0.235. The van der Waals surface area contributed by atoms with Gasteiger partial charge in [-0.3, -0.25) is 0 Å². The molecule has 0 heterocycles. The SMILES string of the molecule is N#Cc1ccc(NCC(O)c2ccc(OC(F)(F)F)cc2)c(C(F)(F)F)c1. The Hall–Kier alpha value is -2.93. The minimum Gasteiger partial charge on any atom is -0.406 e. The average Bonchev–Trinajstić information content (AvgIpc) is 2.58. The van der Waals surface area contributed by atoms with E-state index in [1.54, 1.807) is 6.07 Å². The Morgan fingerprint density at radius 1 is 1.04 bits per heavy atom. The number of hydrogen-bond donors (Lipinski definition) is 2. The first-order valence-electron chi connectivity index (χ1n) is 7.38. The smallest absolute Gasteiger partial charge is 0.406 e. The van der Waals surface area contributed by atoms with E-state index >= 15 is 0 Å². The predicted molar refractivity (Wildman–Crippen MR) is 82.7 cm³/mol. The summed E-state index contributed by atoms with van der Waals surface area (Å²) in [6.45, 7) is -0.339. The minimum absolute atomic E-state index is 0.173. The van der Waals surface area contributed by atoms with E-state index in [4.69, 9.17) is 5.26 Å². The molecule has 2 rings (SSSR count). The molecular weight excluding hydrogens is 378 g/mol. The highest BCUT2D eigenvalue weighted by Gasteiger charge is 2.34. The minimum atomic E-state index is -4.86. The quantitative estimate of drug-likeness (QED) is 0.732. The summed E-state index contributed by atoms with van der Waals surface area (Å²) < 4.78 is 79.2. The number of nitriles is 1. The molecule has 144 valence electrons. The van der Waals surface area contributed by atoms with Gasteiger partial charge in [0.1, 0.15) is 5.75 Å². The van der Waals surface area contributed by atoms with Gasteiger partial charge in [-0.25, -0.2) is 0 Å². The Balaban J connectivity index is 2.09. The Kier molecular flexibility index (Phi) is 5.85. The van der Waals surface area contributed by atoms with E-state index in [1.807, 2.05) is 0 Å². The van der Waals surface area contributed by atoms with Crippen molar-refractivity contribution >= 4 is 5.69 Å². The Morgan fingerprint density at radius 2 is 1.67 bits per heavy atom. The zero-order valence-corrected chi connectivity index (χ0v) is 13.4. The van der Waals surface area contributed by atoms with Crippen LogP contribution < -0.4 is 10.1 Å². The van der Waals surface area contributed by atoms with E-state index in [9.17, 15) is 31.4 Å². The number of halogens is 6. The zero-order chi connectivity index (χ0) is 20.2. The lowest BCUT2D eigenvalue weighted by Gasteiger charge is -2.18. The topological polar surface area (TPSA) is 65.3 Å². The van der Waals surface area contributed by atoms with Crippen LogP contribution in [-0.2, 0) is 6.18 Å². The van der Waals surface area contributed by atoms with Gasteiger partial charge in [-0.05, 0) is 35.9 Å². The van der Waals surface area contributed by atoms with Gasteiger partial charge in [0.2, 0.25) is 0 Å². The molecule has 0 aliphatic rings. The lowest BCUT2D eigenvalue weighted by molar-refractivity contribution is -0.274. The van der Waals surface area contributed by atoms with Gasteiger partial charge in [0.05, 0.1) is 23.3 Å². The van der Waals surface area contributed by atoms with Gasteiger partial charge in [0.15, 0.2) is 0 Å². The van der Waals surface area contributed by atoms with Gasteiger partial charge in [0.25, 0.3) is 0 Å². The lowest BCUT2D eigenvalue weighted by Crippen LogP contribution is -2.17. The third-order valence-corrected chi connectivity index (χ3v) is 3.44. The van der Waals surface area contributed by atoms with E-state index in [0.717, 1.165) is 30.3 Å². The van der Waals surface area contributed by atoms with E-state index in [1.165, 1.54) is 6.07 Å². The van der Waals surface area contributed by atoms with Crippen LogP contribution in [0.1, 0.15) is 22.8 Å². The largest absolute Gasteiger partial charge is 0.573 e. The van der Waals surface area contributed by atoms with Gasteiger partial charge in [-0.2, -0.15) is 18.4 Å². The molecule has 27 heavy (non-hydrogen) atoms. The van der Waals surface area contributed by atoms with Crippen molar-refractivity contribution in [3.8, 4) is 11.8 Å². The highest BCUT2D eigenvalue weighted by atomic mass is 19.4. The molecule has 4 nitrogen and oxygen atoms in total. The summed E-state index contributed by atoms with van der Waals surface area (Å²) in [6, 6.07) is 8.83. The van der Waals surface area contributed by atoms with Crippen LogP contribution in [0.25, 0.3) is 0 Å². The molecule has 2 aromatic carbocycles. The molecule has 1 unspecified atom stereocenters. The maximum atomic E-state index is 13.1. The van der Waals surface area contributed by atoms with Crippen molar-refractivity contribution in [3.63, 3.8) is 0 Å². The number of benzene rings is 2. The van der Waals surface area contributed by atoms with Crippen molar-refractivity contribution in [3.05, 3.63) is 59.2 Å². The number of anilines is 1. The number of ether oxygens (including phenoxy) is 1. The highest BCUT2D eigenvalue weighted by molar-refractivity contribution is 5.56. The fourth-order valence-corrected chi connectivity index (χ4v) is 2.22. The number of hydrogen-bond acceptors (Lipinski definition) is 4. The molecule has 0 bridgehead atoms. The molecule has 0 aliphatic carbocycles. The van der Waals surface area contributed by atoms with Crippen LogP contribution in [0.2, 0.25) is 0 Å². The second-order valence-electron chi connectivity index (χ2n) is 5.38. The molecule has 0 fully saturated rings. The molecule has 0 amide bonds. The summed E-state index contributed by atoms with van der Waals surface area (Å²) in [5.74, 6) is -0.488. The maximum Gasteiger partial charge on any atom is 0.573 e. The molecule has 0 saturated heterocycles. The van der Waals surface area contributed by atoms with Crippen LogP contribution in [0.15, 0.2) is 42.5 Å². The monoisotopic (exact) mass is 390 g/mol. The fourth-order valence-electron chi connectivity index (χ4n) is 2.22. The summed E-state index contributed by atoms with van der Waals surface area (Å²) in [6.07, 6.45) is -10.9. The van der Waals surface area contributed by atoms with Crippen molar-refractivity contribution in [2.45, 2.75) is 18.6 Å². The summed E-state index contributed by atoms with van der Waals surface area (Å²) >= 11 is 0. The van der Waals surface area contributed by atoms with Crippen molar-refractivity contribution in [2.75, 3.05) is 11.9 Å². The van der Waals surface area contributed by atoms with E-state index < -0.39 is 30.0 Å². The average molecular weight is 390 g/mol. The van der Waals surface area contributed by atoms with Crippen molar-refractivity contribution in [1.82, 2.24) is 0 Å². The number of nitrogens with zero attached hydrogens (tertiary/aromatic N) is 1. The van der Waals surface area contributed by atoms with Crippen LogP contribution in [0.5, 0.6) is 5.75 Å². The first kappa shape index (κ1) is 20.4. The van der Waals surface area contributed by atoms with E-state index in [2.05, 4.69) is 10.1 Å². The van der Waals surface area contributed by atoms with Gasteiger partial charge in [-0.1, -0.05) is 12.1 Å². The normalized spacial score (nSPS) is 13.0. The van der Waals surface area contributed by atoms with E-state index in [0.29, 0.717) is 6.07 Å². The third kappa shape index (κ3) is 5.79. The van der Waals surface area contributed by atoms with Crippen LogP contribution >= 0.6 is 0 Å². The molecule has 1 atom stereocenters. The Morgan fingerprint density at radius 3 is 2.19 bits per heavy atom. The molecular formula is C17H12F6N2O2. The van der Waals surface area contributed by atoms with Gasteiger partial charge in [-0.15, -0.1) is 13.2 Å². The van der Waals surface area contributed by atoms with E-state index in [-0.39, 0.29) is 23.4 Å². The van der Waals surface area contributed by atoms with Gasteiger partial charge >= 0.3 is 12.5 Å². The summed E-state index contributed by atoms with van der Waals surface area (Å²) in [4.78, 5) is 0. The van der Waals surface area contributed by atoms with Crippen molar-refractivity contribution < 1.29 is 36.2 Å². The number of rotatable bonds is 5. The molecule has 0 radical (unpaired) electrons. The third-order valence-electron chi connectivity index (χ3n) is 3.44. The number of aliphatic hydroxyl groups excluding tert-OH is 1. The maximum absolute atomic E-state index is 13.1. The van der Waals surface area contributed by atoms with Crippen LogP contribution in [0.4, 0.5) is 32.0 Å². The molecule has 0 aromatic heterocycles. The second-order valence-corrected chi connectivity index (χ2v) is 5.38. The van der Waals surface area contributed by atoms with Crippen LogP contribution in [0, 0.1) is 11.3 Å². The molecule has 2 N–H and O–H groups in total. The van der Waals surface area contributed by atoms with Crippen molar-refractivity contribution in [1.29, 1.82) is 5.26 Å². The lowest BCUT2D eigenvalue weighted by atomic mass is 10.1. The van der Waals surface area contributed by atoms with Gasteiger partial charge in [0, 0.05) is 12.2 Å². The molecule has 10 heteroatoms. The second kappa shape index (κ2) is 7.75. The zero-order valence-electron chi connectivity index (χ0n) is 13.4. The molecule has 2 aromatic rings. The standard InChI is InChI=1S/C17H12F6N2O2/c18-16(19,20)13-7-10(8-24)1-6-14(13)25-9-15(26)11-2-4-12(5-3-11)27-17(21,22)23/h1-7,15,25-26H,9H2.